The second-order valence-electron chi connectivity index (χ2n) is 4.98. The Morgan fingerprint density at radius 2 is 2.00 bits per heavy atom. The first-order valence-corrected chi connectivity index (χ1v) is 6.87. The van der Waals surface area contributed by atoms with Crippen molar-refractivity contribution in [3.05, 3.63) is 28.8 Å². The van der Waals surface area contributed by atoms with Gasteiger partial charge in [-0.15, -0.1) is 0 Å². The fourth-order valence-electron chi connectivity index (χ4n) is 2.43. The molecule has 0 unspecified atom stereocenters. The molecular formula is C14H14ClN3O3. The largest absolute Gasteiger partial charge is 0.480 e. The Labute approximate surface area is 126 Å². The maximum atomic E-state index is 12.0. The van der Waals surface area contributed by atoms with E-state index >= 15 is 0 Å². The highest BCUT2D eigenvalue weighted by molar-refractivity contribution is 6.33. The molecule has 0 aliphatic heterocycles. The number of urea groups is 1. The van der Waals surface area contributed by atoms with Gasteiger partial charge in [0.15, 0.2) is 0 Å². The van der Waals surface area contributed by atoms with E-state index in [4.69, 9.17) is 16.9 Å². The number of carbonyl (C=O) groups is 2. The summed E-state index contributed by atoms with van der Waals surface area (Å²) in [4.78, 5) is 23.3. The second-order valence-corrected chi connectivity index (χ2v) is 5.39. The van der Waals surface area contributed by atoms with E-state index in [1.54, 1.807) is 0 Å². The predicted octanol–water partition coefficient (Wildman–Crippen LogP) is 2.73. The van der Waals surface area contributed by atoms with E-state index in [1.807, 2.05) is 6.07 Å². The summed E-state index contributed by atoms with van der Waals surface area (Å²) in [5.41, 5.74) is -0.501. The van der Waals surface area contributed by atoms with Gasteiger partial charge in [0.25, 0.3) is 0 Å². The first kappa shape index (κ1) is 15.1. The number of aliphatic carboxylic acids is 1. The number of nitrogens with one attached hydrogen (secondary N) is 2. The van der Waals surface area contributed by atoms with Crippen LogP contribution < -0.4 is 10.6 Å². The molecule has 0 atom stereocenters. The third-order valence-corrected chi connectivity index (χ3v) is 3.88. The molecule has 0 spiro atoms. The van der Waals surface area contributed by atoms with E-state index in [0.717, 1.165) is 12.8 Å². The number of amides is 2. The van der Waals surface area contributed by atoms with Crippen LogP contribution in [0, 0.1) is 11.3 Å². The van der Waals surface area contributed by atoms with Crippen LogP contribution in [0.1, 0.15) is 31.2 Å². The number of benzene rings is 1. The topological polar surface area (TPSA) is 102 Å². The molecule has 0 aromatic heterocycles. The predicted molar refractivity (Wildman–Crippen MR) is 77.2 cm³/mol. The standard InChI is InChI=1S/C14H14ClN3O3/c15-10-7-9(8-16)3-4-11(10)17-13(21)18-14(12(19)20)5-1-2-6-14/h3-4,7H,1-2,5-6H2,(H,19,20)(H2,17,18,21). The maximum Gasteiger partial charge on any atom is 0.329 e. The van der Waals surface area contributed by atoms with Gasteiger partial charge in [-0.1, -0.05) is 24.4 Å². The summed E-state index contributed by atoms with van der Waals surface area (Å²) in [7, 11) is 0. The van der Waals surface area contributed by atoms with Crippen molar-refractivity contribution in [1.29, 1.82) is 5.26 Å². The molecule has 1 aliphatic rings. The first-order valence-electron chi connectivity index (χ1n) is 6.49. The highest BCUT2D eigenvalue weighted by Gasteiger charge is 2.42. The molecule has 0 saturated heterocycles. The molecular weight excluding hydrogens is 294 g/mol. The van der Waals surface area contributed by atoms with Gasteiger partial charge in [0, 0.05) is 0 Å². The minimum Gasteiger partial charge on any atom is -0.480 e. The van der Waals surface area contributed by atoms with E-state index in [9.17, 15) is 14.7 Å². The van der Waals surface area contributed by atoms with Gasteiger partial charge < -0.3 is 15.7 Å². The zero-order valence-corrected chi connectivity index (χ0v) is 11.9. The molecule has 2 rings (SSSR count). The van der Waals surface area contributed by atoms with E-state index in [2.05, 4.69) is 10.6 Å². The van der Waals surface area contributed by atoms with Crippen molar-refractivity contribution in [2.75, 3.05) is 5.32 Å². The Bertz CT molecular complexity index is 618. The highest BCUT2D eigenvalue weighted by atomic mass is 35.5. The summed E-state index contributed by atoms with van der Waals surface area (Å²) in [5.74, 6) is -1.03. The van der Waals surface area contributed by atoms with Crippen LogP contribution in [0.25, 0.3) is 0 Å². The lowest BCUT2D eigenvalue weighted by Crippen LogP contribution is -2.53. The number of anilines is 1. The number of rotatable bonds is 3. The van der Waals surface area contributed by atoms with Crippen LogP contribution in [-0.2, 0) is 4.79 Å². The molecule has 1 aliphatic carbocycles. The van der Waals surface area contributed by atoms with Crippen molar-refractivity contribution in [1.82, 2.24) is 5.32 Å². The lowest BCUT2D eigenvalue weighted by atomic mass is 9.98. The molecule has 2 amide bonds. The number of nitriles is 1. The molecule has 6 nitrogen and oxygen atoms in total. The van der Waals surface area contributed by atoms with Crippen molar-refractivity contribution >= 4 is 29.3 Å². The molecule has 1 saturated carbocycles. The normalized spacial score (nSPS) is 16.0. The van der Waals surface area contributed by atoms with Crippen molar-refractivity contribution in [3.63, 3.8) is 0 Å². The van der Waals surface area contributed by atoms with Gasteiger partial charge in [0.1, 0.15) is 5.54 Å². The molecule has 0 radical (unpaired) electrons. The van der Waals surface area contributed by atoms with Crippen LogP contribution in [-0.4, -0.2) is 22.6 Å². The first-order chi connectivity index (χ1) is 9.97. The number of carboxylic acid groups (broad SMARTS) is 1. The van der Waals surface area contributed by atoms with Gasteiger partial charge >= 0.3 is 12.0 Å². The van der Waals surface area contributed by atoms with Crippen molar-refractivity contribution < 1.29 is 14.7 Å². The minimum atomic E-state index is -1.21. The zero-order chi connectivity index (χ0) is 15.5. The average molecular weight is 308 g/mol. The molecule has 110 valence electrons. The Balaban J connectivity index is 2.08. The number of carboxylic acids is 1. The summed E-state index contributed by atoms with van der Waals surface area (Å²) in [6.07, 6.45) is 2.36. The Kier molecular flexibility index (Phi) is 4.34. The molecule has 21 heavy (non-hydrogen) atoms. The highest BCUT2D eigenvalue weighted by Crippen LogP contribution is 2.30. The van der Waals surface area contributed by atoms with Crippen LogP contribution >= 0.6 is 11.6 Å². The van der Waals surface area contributed by atoms with Gasteiger partial charge in [0.05, 0.1) is 22.3 Å². The number of carbonyl (C=O) groups excluding carboxylic acids is 1. The SMILES string of the molecule is N#Cc1ccc(NC(=O)NC2(C(=O)O)CCCC2)c(Cl)c1. The van der Waals surface area contributed by atoms with Crippen LogP contribution in [0.5, 0.6) is 0 Å². The summed E-state index contributed by atoms with van der Waals surface area (Å²) in [5, 5.41) is 23.3. The van der Waals surface area contributed by atoms with Gasteiger partial charge in [0.2, 0.25) is 0 Å². The third-order valence-electron chi connectivity index (χ3n) is 3.57. The van der Waals surface area contributed by atoms with Crippen LogP contribution in [0.3, 0.4) is 0 Å². The molecule has 3 N–H and O–H groups in total. The quantitative estimate of drug-likeness (QED) is 0.799. The van der Waals surface area contributed by atoms with E-state index in [1.165, 1.54) is 18.2 Å². The molecule has 1 aromatic rings. The van der Waals surface area contributed by atoms with Crippen LogP contribution in [0.2, 0.25) is 5.02 Å². The molecule has 0 bridgehead atoms. The smallest absolute Gasteiger partial charge is 0.329 e. The van der Waals surface area contributed by atoms with Gasteiger partial charge in [-0.05, 0) is 31.0 Å². The fourth-order valence-corrected chi connectivity index (χ4v) is 2.66. The Morgan fingerprint density at radius 3 is 2.52 bits per heavy atom. The second kappa shape index (κ2) is 6.02. The Hall–Kier alpha value is -2.26. The maximum absolute atomic E-state index is 12.0. The lowest BCUT2D eigenvalue weighted by Gasteiger charge is -2.25. The van der Waals surface area contributed by atoms with Crippen LogP contribution in [0.15, 0.2) is 18.2 Å². The average Bonchev–Trinajstić information content (AvgIpc) is 2.90. The van der Waals surface area contributed by atoms with Crippen molar-refractivity contribution in [2.45, 2.75) is 31.2 Å². The van der Waals surface area contributed by atoms with Crippen molar-refractivity contribution in [2.24, 2.45) is 0 Å². The van der Waals surface area contributed by atoms with Gasteiger partial charge in [-0.2, -0.15) is 5.26 Å². The summed E-state index contributed by atoms with van der Waals surface area (Å²) in [6, 6.07) is 5.77. The molecule has 0 heterocycles. The fraction of sp³-hybridized carbons (Fsp3) is 0.357. The molecule has 7 heteroatoms. The summed E-state index contributed by atoms with van der Waals surface area (Å²) in [6.45, 7) is 0. The minimum absolute atomic E-state index is 0.222. The number of hydrogen-bond acceptors (Lipinski definition) is 3. The molecule has 1 aromatic carbocycles. The summed E-state index contributed by atoms with van der Waals surface area (Å²) < 4.78 is 0. The van der Waals surface area contributed by atoms with E-state index in [-0.39, 0.29) is 5.02 Å². The van der Waals surface area contributed by atoms with E-state index in [0.29, 0.717) is 24.1 Å². The third kappa shape index (κ3) is 3.26. The monoisotopic (exact) mass is 307 g/mol. The molecule has 1 fully saturated rings. The Morgan fingerprint density at radius 1 is 1.33 bits per heavy atom. The van der Waals surface area contributed by atoms with Crippen molar-refractivity contribution in [3.8, 4) is 6.07 Å². The van der Waals surface area contributed by atoms with Crippen LogP contribution in [0.4, 0.5) is 10.5 Å². The van der Waals surface area contributed by atoms with Gasteiger partial charge in [-0.25, -0.2) is 9.59 Å². The number of halogens is 1. The summed E-state index contributed by atoms with van der Waals surface area (Å²) >= 11 is 5.96. The number of nitrogens with zero attached hydrogens (tertiary/aromatic N) is 1. The number of hydrogen-bond donors (Lipinski definition) is 3. The van der Waals surface area contributed by atoms with Gasteiger partial charge in [-0.3, -0.25) is 0 Å². The zero-order valence-electron chi connectivity index (χ0n) is 11.1. The lowest BCUT2D eigenvalue weighted by molar-refractivity contribution is -0.144. The van der Waals surface area contributed by atoms with E-state index < -0.39 is 17.5 Å².